The highest BCUT2D eigenvalue weighted by atomic mass is 32.2. The van der Waals surface area contributed by atoms with Crippen molar-refractivity contribution >= 4 is 74.3 Å². The monoisotopic (exact) mass is 725 g/mol. The van der Waals surface area contributed by atoms with Crippen LogP contribution in [-0.2, 0) is 14.3 Å². The number of aryl methyl sites for hydroxylation is 1. The van der Waals surface area contributed by atoms with Gasteiger partial charge in [-0.05, 0) is 72.2 Å². The SMILES string of the molecule is CCOC(=O)c1c(-c2ccc(C)cc2)csc1NC(=O)CSc1cccc(NC(=O)/C(=C\c2cccc3ccccc23)NC(=O)c2ccccc2)c1. The van der Waals surface area contributed by atoms with Crippen molar-refractivity contribution in [2.45, 2.75) is 18.7 Å². The number of benzene rings is 5. The lowest BCUT2D eigenvalue weighted by atomic mass is 10.0. The maximum Gasteiger partial charge on any atom is 0.341 e. The fourth-order valence-electron chi connectivity index (χ4n) is 5.45. The van der Waals surface area contributed by atoms with Crippen molar-refractivity contribution in [3.63, 3.8) is 0 Å². The summed E-state index contributed by atoms with van der Waals surface area (Å²) >= 11 is 2.55. The third-order valence-corrected chi connectivity index (χ3v) is 9.89. The van der Waals surface area contributed by atoms with Crippen LogP contribution in [0.15, 0.2) is 137 Å². The number of hydrogen-bond donors (Lipinski definition) is 3. The van der Waals surface area contributed by atoms with E-state index in [1.54, 1.807) is 55.5 Å². The molecular formula is C42H35N3O5S2. The Bertz CT molecular complexity index is 2280. The van der Waals surface area contributed by atoms with Gasteiger partial charge in [-0.1, -0.05) is 96.6 Å². The van der Waals surface area contributed by atoms with Gasteiger partial charge in [0.1, 0.15) is 16.3 Å². The molecule has 3 amide bonds. The van der Waals surface area contributed by atoms with Crippen molar-refractivity contribution in [2.24, 2.45) is 0 Å². The minimum Gasteiger partial charge on any atom is -0.462 e. The first-order valence-corrected chi connectivity index (χ1v) is 18.4. The zero-order chi connectivity index (χ0) is 36.5. The Labute approximate surface area is 309 Å². The minimum absolute atomic E-state index is 0.0524. The van der Waals surface area contributed by atoms with Crippen molar-refractivity contribution in [1.29, 1.82) is 0 Å². The lowest BCUT2D eigenvalue weighted by molar-refractivity contribution is -0.114. The van der Waals surface area contributed by atoms with E-state index >= 15 is 0 Å². The van der Waals surface area contributed by atoms with Gasteiger partial charge in [-0.15, -0.1) is 23.1 Å². The average Bonchev–Trinajstić information content (AvgIpc) is 3.58. The fraction of sp³-hybridized carbons (Fsp3) is 0.0952. The molecule has 0 aliphatic carbocycles. The first-order chi connectivity index (χ1) is 25.3. The number of rotatable bonds is 12. The van der Waals surface area contributed by atoms with Crippen molar-refractivity contribution in [3.05, 3.63) is 155 Å². The molecule has 10 heteroatoms. The molecule has 0 radical (unpaired) electrons. The Kier molecular flexibility index (Phi) is 11.6. The summed E-state index contributed by atoms with van der Waals surface area (Å²) in [6.45, 7) is 3.94. The molecule has 0 unspecified atom stereocenters. The highest BCUT2D eigenvalue weighted by Crippen LogP contribution is 2.37. The molecule has 6 aromatic rings. The van der Waals surface area contributed by atoms with Gasteiger partial charge in [0.15, 0.2) is 0 Å². The van der Waals surface area contributed by atoms with Crippen molar-refractivity contribution < 1.29 is 23.9 Å². The number of thioether (sulfide) groups is 1. The van der Waals surface area contributed by atoms with E-state index in [1.165, 1.54) is 23.1 Å². The van der Waals surface area contributed by atoms with E-state index in [-0.39, 0.29) is 24.0 Å². The van der Waals surface area contributed by atoms with Crippen LogP contribution in [-0.4, -0.2) is 36.1 Å². The average molecular weight is 726 g/mol. The van der Waals surface area contributed by atoms with Gasteiger partial charge in [0, 0.05) is 27.1 Å². The predicted molar refractivity (Wildman–Crippen MR) is 211 cm³/mol. The second-order valence-corrected chi connectivity index (χ2v) is 13.6. The summed E-state index contributed by atoms with van der Waals surface area (Å²) < 4.78 is 5.33. The highest BCUT2D eigenvalue weighted by Gasteiger charge is 2.23. The number of carbonyl (C=O) groups is 4. The first-order valence-electron chi connectivity index (χ1n) is 16.5. The molecule has 0 bridgehead atoms. The van der Waals surface area contributed by atoms with Gasteiger partial charge in [0.2, 0.25) is 5.91 Å². The Morgan fingerprint density at radius 2 is 1.54 bits per heavy atom. The number of esters is 1. The zero-order valence-electron chi connectivity index (χ0n) is 28.5. The fourth-order valence-corrected chi connectivity index (χ4v) is 7.18. The van der Waals surface area contributed by atoms with Gasteiger partial charge in [-0.25, -0.2) is 4.79 Å². The van der Waals surface area contributed by atoms with Crippen molar-refractivity contribution in [2.75, 3.05) is 23.0 Å². The van der Waals surface area contributed by atoms with Crippen LogP contribution in [0.3, 0.4) is 0 Å². The normalized spacial score (nSPS) is 11.2. The topological polar surface area (TPSA) is 114 Å². The van der Waals surface area contributed by atoms with Gasteiger partial charge in [0.05, 0.1) is 12.4 Å². The molecule has 1 aromatic heterocycles. The smallest absolute Gasteiger partial charge is 0.341 e. The number of thiophene rings is 1. The van der Waals surface area contributed by atoms with E-state index in [0.29, 0.717) is 27.4 Å². The van der Waals surface area contributed by atoms with E-state index in [0.717, 1.165) is 32.4 Å². The van der Waals surface area contributed by atoms with Gasteiger partial charge in [-0.2, -0.15) is 0 Å². The van der Waals surface area contributed by atoms with Crippen LogP contribution in [0.5, 0.6) is 0 Å². The largest absolute Gasteiger partial charge is 0.462 e. The van der Waals surface area contributed by atoms with E-state index in [9.17, 15) is 19.2 Å². The van der Waals surface area contributed by atoms with E-state index in [4.69, 9.17) is 4.74 Å². The third kappa shape index (κ3) is 8.84. The van der Waals surface area contributed by atoms with Crippen LogP contribution in [0.4, 0.5) is 10.7 Å². The molecule has 8 nitrogen and oxygen atoms in total. The molecule has 0 fully saturated rings. The van der Waals surface area contributed by atoms with E-state index in [1.807, 2.05) is 91.2 Å². The van der Waals surface area contributed by atoms with Crippen LogP contribution >= 0.6 is 23.1 Å². The van der Waals surface area contributed by atoms with Crippen molar-refractivity contribution in [3.8, 4) is 11.1 Å². The quantitative estimate of drug-likeness (QED) is 0.0659. The summed E-state index contributed by atoms with van der Waals surface area (Å²) in [4.78, 5) is 53.8. The third-order valence-electron chi connectivity index (χ3n) is 8.00. The lowest BCUT2D eigenvalue weighted by Crippen LogP contribution is -2.30. The van der Waals surface area contributed by atoms with Crippen LogP contribution < -0.4 is 16.0 Å². The van der Waals surface area contributed by atoms with Crippen molar-refractivity contribution in [1.82, 2.24) is 5.32 Å². The maximum atomic E-state index is 13.8. The number of ether oxygens (including phenoxy) is 1. The second kappa shape index (κ2) is 16.8. The summed E-state index contributed by atoms with van der Waals surface area (Å²) in [6, 6.07) is 37.2. The summed E-state index contributed by atoms with van der Waals surface area (Å²) in [7, 11) is 0. The molecule has 0 aliphatic rings. The van der Waals surface area contributed by atoms with Gasteiger partial charge >= 0.3 is 5.97 Å². The Hall–Kier alpha value is -5.97. The summed E-state index contributed by atoms with van der Waals surface area (Å²) in [5.41, 5.74) is 4.72. The molecule has 260 valence electrons. The summed E-state index contributed by atoms with van der Waals surface area (Å²) in [6.07, 6.45) is 1.67. The zero-order valence-corrected chi connectivity index (χ0v) is 30.1. The second-order valence-electron chi connectivity index (χ2n) is 11.7. The van der Waals surface area contributed by atoms with E-state index in [2.05, 4.69) is 16.0 Å². The lowest BCUT2D eigenvalue weighted by Gasteiger charge is -2.13. The van der Waals surface area contributed by atoms with Crippen LogP contribution in [0.1, 0.15) is 38.8 Å². The minimum atomic E-state index is -0.509. The molecule has 3 N–H and O–H groups in total. The van der Waals surface area contributed by atoms with Gasteiger partial charge < -0.3 is 20.7 Å². The van der Waals surface area contributed by atoms with Crippen LogP contribution in [0.2, 0.25) is 0 Å². The highest BCUT2D eigenvalue weighted by molar-refractivity contribution is 8.00. The number of carbonyl (C=O) groups excluding carboxylic acids is 4. The van der Waals surface area contributed by atoms with E-state index < -0.39 is 17.8 Å². The molecule has 0 aliphatic heterocycles. The molecule has 5 aromatic carbocycles. The molecule has 52 heavy (non-hydrogen) atoms. The Morgan fingerprint density at radius 3 is 2.33 bits per heavy atom. The van der Waals surface area contributed by atoms with Gasteiger partial charge in [0.25, 0.3) is 11.8 Å². The Balaban J connectivity index is 1.17. The molecule has 0 saturated carbocycles. The number of hydrogen-bond acceptors (Lipinski definition) is 7. The summed E-state index contributed by atoms with van der Waals surface area (Å²) in [5.74, 6) is -1.67. The molecule has 6 rings (SSSR count). The standard InChI is InChI=1S/C42H35N3O5S2/c1-3-50-42(49)38-35(29-21-19-27(2)20-22-29)25-52-41(38)45-37(46)26-51-33-17-10-16-32(24-33)43-40(48)36(44-39(47)30-12-5-4-6-13-30)23-31-15-9-14-28-11-7-8-18-34(28)31/h4-25H,3,26H2,1-2H3,(H,43,48)(H,44,47)(H,45,46)/b36-23+. The predicted octanol–water partition coefficient (Wildman–Crippen LogP) is 9.19. The number of amides is 3. The molecule has 0 saturated heterocycles. The first kappa shape index (κ1) is 35.8. The number of fused-ring (bicyclic) bond motifs is 1. The Morgan fingerprint density at radius 1 is 0.808 bits per heavy atom. The molecule has 0 spiro atoms. The molecular weight excluding hydrogens is 691 g/mol. The summed E-state index contributed by atoms with van der Waals surface area (Å²) in [5, 5.41) is 12.8. The molecule has 1 heterocycles. The maximum absolute atomic E-state index is 13.8. The van der Waals surface area contributed by atoms with Crippen LogP contribution in [0.25, 0.3) is 28.0 Å². The van der Waals surface area contributed by atoms with Crippen LogP contribution in [0, 0.1) is 6.92 Å². The molecule has 0 atom stereocenters. The number of nitrogens with one attached hydrogen (secondary N) is 3. The number of anilines is 2. The van der Waals surface area contributed by atoms with Gasteiger partial charge in [-0.3, -0.25) is 14.4 Å².